The number of hydrogen-bond donors (Lipinski definition) is 1. The van der Waals surface area contributed by atoms with Gasteiger partial charge in [0.25, 0.3) is 0 Å². The molecule has 148 valence electrons. The number of para-hydroxylation sites is 1. The zero-order valence-corrected chi connectivity index (χ0v) is 16.4. The second-order valence-electron chi connectivity index (χ2n) is 7.18. The Morgan fingerprint density at radius 1 is 1.11 bits per heavy atom. The third-order valence-electron chi connectivity index (χ3n) is 5.21. The zero-order chi connectivity index (χ0) is 19.8. The SMILES string of the molecule is COc1ccccc1CCNC(=O)C1CC(=O)N(CCCc2ccccc2)C1. The third kappa shape index (κ3) is 5.35. The van der Waals surface area contributed by atoms with Crippen molar-refractivity contribution in [3.63, 3.8) is 0 Å². The van der Waals surface area contributed by atoms with Crippen molar-refractivity contribution in [2.75, 3.05) is 26.7 Å². The summed E-state index contributed by atoms with van der Waals surface area (Å²) in [5, 5.41) is 2.97. The molecular weight excluding hydrogens is 352 g/mol. The van der Waals surface area contributed by atoms with Crippen LogP contribution in [0.1, 0.15) is 24.0 Å². The van der Waals surface area contributed by atoms with Gasteiger partial charge in [-0.1, -0.05) is 48.5 Å². The van der Waals surface area contributed by atoms with E-state index in [9.17, 15) is 9.59 Å². The maximum atomic E-state index is 12.5. The number of amides is 2. The molecule has 0 spiro atoms. The number of carbonyl (C=O) groups is 2. The summed E-state index contributed by atoms with van der Waals surface area (Å²) in [6, 6.07) is 18.1. The smallest absolute Gasteiger partial charge is 0.225 e. The molecule has 1 aliphatic heterocycles. The molecule has 0 radical (unpaired) electrons. The molecule has 1 aliphatic rings. The lowest BCUT2D eigenvalue weighted by Crippen LogP contribution is -2.34. The molecule has 28 heavy (non-hydrogen) atoms. The van der Waals surface area contributed by atoms with Crippen LogP contribution in [0.4, 0.5) is 0 Å². The van der Waals surface area contributed by atoms with Gasteiger partial charge in [0, 0.05) is 26.1 Å². The Morgan fingerprint density at radius 2 is 1.86 bits per heavy atom. The largest absolute Gasteiger partial charge is 0.496 e. The van der Waals surface area contributed by atoms with Crippen molar-refractivity contribution in [3.05, 3.63) is 65.7 Å². The van der Waals surface area contributed by atoms with Crippen LogP contribution in [0.15, 0.2) is 54.6 Å². The van der Waals surface area contributed by atoms with Crippen molar-refractivity contribution in [2.45, 2.75) is 25.7 Å². The fourth-order valence-corrected chi connectivity index (χ4v) is 3.66. The number of nitrogens with one attached hydrogen (secondary N) is 1. The van der Waals surface area contributed by atoms with E-state index in [2.05, 4.69) is 17.4 Å². The van der Waals surface area contributed by atoms with Crippen LogP contribution in [-0.2, 0) is 22.4 Å². The standard InChI is InChI=1S/C23H28N2O3/c1-28-21-12-6-5-11-19(21)13-14-24-23(27)20-16-22(26)25(17-20)15-7-10-18-8-3-2-4-9-18/h2-6,8-9,11-12,20H,7,10,13-17H2,1H3,(H,24,27). The van der Waals surface area contributed by atoms with Crippen LogP contribution >= 0.6 is 0 Å². The Bertz CT molecular complexity index is 791. The lowest BCUT2D eigenvalue weighted by Gasteiger charge is -2.16. The predicted octanol–water partition coefficient (Wildman–Crippen LogP) is 2.84. The molecule has 1 fully saturated rings. The van der Waals surface area contributed by atoms with Gasteiger partial charge in [-0.3, -0.25) is 9.59 Å². The number of carbonyl (C=O) groups excluding carboxylic acids is 2. The molecule has 2 amide bonds. The number of methoxy groups -OCH3 is 1. The fourth-order valence-electron chi connectivity index (χ4n) is 3.66. The first-order valence-electron chi connectivity index (χ1n) is 9.88. The van der Waals surface area contributed by atoms with Gasteiger partial charge in [-0.25, -0.2) is 0 Å². The zero-order valence-electron chi connectivity index (χ0n) is 16.4. The van der Waals surface area contributed by atoms with Crippen LogP contribution in [-0.4, -0.2) is 43.5 Å². The Kier molecular flexibility index (Phi) is 7.06. The highest BCUT2D eigenvalue weighted by Gasteiger charge is 2.33. The molecule has 1 saturated heterocycles. The molecule has 0 aliphatic carbocycles. The number of aryl methyl sites for hydroxylation is 1. The average molecular weight is 380 g/mol. The Balaban J connectivity index is 1.40. The molecule has 0 saturated carbocycles. The highest BCUT2D eigenvalue weighted by Crippen LogP contribution is 2.20. The first-order chi connectivity index (χ1) is 13.7. The third-order valence-corrected chi connectivity index (χ3v) is 5.21. The van der Waals surface area contributed by atoms with Crippen molar-refractivity contribution in [2.24, 2.45) is 5.92 Å². The van der Waals surface area contributed by atoms with Gasteiger partial charge in [0.05, 0.1) is 13.0 Å². The van der Waals surface area contributed by atoms with E-state index in [1.165, 1.54) is 5.56 Å². The summed E-state index contributed by atoms with van der Waals surface area (Å²) >= 11 is 0. The van der Waals surface area contributed by atoms with E-state index in [0.29, 0.717) is 32.5 Å². The number of hydrogen-bond acceptors (Lipinski definition) is 3. The number of nitrogens with zero attached hydrogens (tertiary/aromatic N) is 1. The molecule has 0 aromatic heterocycles. The Labute approximate surface area is 166 Å². The van der Waals surface area contributed by atoms with Gasteiger partial charge >= 0.3 is 0 Å². The molecule has 1 atom stereocenters. The van der Waals surface area contributed by atoms with Crippen LogP contribution in [0.2, 0.25) is 0 Å². The Morgan fingerprint density at radius 3 is 2.64 bits per heavy atom. The summed E-state index contributed by atoms with van der Waals surface area (Å²) in [6.07, 6.45) is 2.88. The molecule has 0 bridgehead atoms. The second kappa shape index (κ2) is 9.93. The van der Waals surface area contributed by atoms with Gasteiger partial charge in [-0.15, -0.1) is 0 Å². The van der Waals surface area contributed by atoms with Crippen molar-refractivity contribution in [1.82, 2.24) is 10.2 Å². The number of benzene rings is 2. The van der Waals surface area contributed by atoms with Crippen LogP contribution in [0, 0.1) is 5.92 Å². The van der Waals surface area contributed by atoms with Crippen LogP contribution in [0.3, 0.4) is 0 Å². The second-order valence-corrected chi connectivity index (χ2v) is 7.18. The maximum Gasteiger partial charge on any atom is 0.225 e. The molecular formula is C23H28N2O3. The molecule has 2 aromatic rings. The first-order valence-corrected chi connectivity index (χ1v) is 9.88. The molecule has 3 rings (SSSR count). The van der Waals surface area contributed by atoms with Gasteiger partial charge in [-0.05, 0) is 36.5 Å². The van der Waals surface area contributed by atoms with Crippen molar-refractivity contribution in [3.8, 4) is 5.75 Å². The number of rotatable bonds is 9. The molecule has 1 unspecified atom stereocenters. The van der Waals surface area contributed by atoms with Gasteiger partial charge in [-0.2, -0.15) is 0 Å². The predicted molar refractivity (Wildman–Crippen MR) is 109 cm³/mol. The summed E-state index contributed by atoms with van der Waals surface area (Å²) in [6.45, 7) is 1.77. The molecule has 5 heteroatoms. The summed E-state index contributed by atoms with van der Waals surface area (Å²) in [4.78, 5) is 26.5. The summed E-state index contributed by atoms with van der Waals surface area (Å²) in [5.74, 6) is 0.631. The molecule has 1 N–H and O–H groups in total. The minimum absolute atomic E-state index is 0.0335. The monoisotopic (exact) mass is 380 g/mol. The van der Waals surface area contributed by atoms with Crippen molar-refractivity contribution in [1.29, 1.82) is 0 Å². The highest BCUT2D eigenvalue weighted by atomic mass is 16.5. The fraction of sp³-hybridized carbons (Fsp3) is 0.391. The lowest BCUT2D eigenvalue weighted by molar-refractivity contribution is -0.129. The number of ether oxygens (including phenoxy) is 1. The molecule has 1 heterocycles. The molecule has 2 aromatic carbocycles. The van der Waals surface area contributed by atoms with Crippen molar-refractivity contribution >= 4 is 11.8 Å². The minimum Gasteiger partial charge on any atom is -0.496 e. The van der Waals surface area contributed by atoms with E-state index < -0.39 is 0 Å². The molecule has 5 nitrogen and oxygen atoms in total. The van der Waals surface area contributed by atoms with Gasteiger partial charge in [0.1, 0.15) is 5.75 Å². The van der Waals surface area contributed by atoms with Gasteiger partial charge in [0.2, 0.25) is 11.8 Å². The van der Waals surface area contributed by atoms with E-state index in [0.717, 1.165) is 24.2 Å². The van der Waals surface area contributed by atoms with Crippen LogP contribution in [0.25, 0.3) is 0 Å². The quantitative estimate of drug-likeness (QED) is 0.728. The summed E-state index contributed by atoms with van der Waals surface area (Å²) in [5.41, 5.74) is 2.34. The number of likely N-dealkylation sites (tertiary alicyclic amines) is 1. The van der Waals surface area contributed by atoms with E-state index in [4.69, 9.17) is 4.74 Å². The van der Waals surface area contributed by atoms with Gasteiger partial charge < -0.3 is 15.0 Å². The van der Waals surface area contributed by atoms with Crippen molar-refractivity contribution < 1.29 is 14.3 Å². The highest BCUT2D eigenvalue weighted by molar-refractivity contribution is 5.89. The van der Waals surface area contributed by atoms with Crippen LogP contribution < -0.4 is 10.1 Å². The van der Waals surface area contributed by atoms with E-state index in [1.54, 1.807) is 7.11 Å². The average Bonchev–Trinajstić information content (AvgIpc) is 3.10. The first kappa shape index (κ1) is 19.9. The topological polar surface area (TPSA) is 58.6 Å². The normalized spacial score (nSPS) is 16.2. The van der Waals surface area contributed by atoms with Crippen LogP contribution in [0.5, 0.6) is 5.75 Å². The van der Waals surface area contributed by atoms with E-state index >= 15 is 0 Å². The summed E-state index contributed by atoms with van der Waals surface area (Å²) in [7, 11) is 1.65. The van der Waals surface area contributed by atoms with E-state index in [-0.39, 0.29) is 17.7 Å². The van der Waals surface area contributed by atoms with Gasteiger partial charge in [0.15, 0.2) is 0 Å². The lowest BCUT2D eigenvalue weighted by atomic mass is 10.1. The minimum atomic E-state index is -0.248. The van der Waals surface area contributed by atoms with E-state index in [1.807, 2.05) is 47.4 Å². The summed E-state index contributed by atoms with van der Waals surface area (Å²) < 4.78 is 5.34. The Hall–Kier alpha value is -2.82. The maximum absolute atomic E-state index is 12.5.